The largest absolute Gasteiger partial charge is 0.480 e. The van der Waals surface area contributed by atoms with Crippen molar-refractivity contribution >= 4 is 29.3 Å². The van der Waals surface area contributed by atoms with Gasteiger partial charge in [-0.15, -0.1) is 11.8 Å². The molecule has 5 heteroatoms. The number of fused-ring (bicyclic) bond motifs is 1. The van der Waals surface area contributed by atoms with Crippen LogP contribution in [-0.2, 0) is 16.0 Å². The summed E-state index contributed by atoms with van der Waals surface area (Å²) in [6.07, 6.45) is 0.634. The quantitative estimate of drug-likeness (QED) is 0.937. The molecule has 2 atom stereocenters. The molecule has 1 aliphatic heterocycles. The van der Waals surface area contributed by atoms with Crippen LogP contribution in [0.5, 0.6) is 0 Å². The van der Waals surface area contributed by atoms with E-state index in [0.717, 1.165) is 10.5 Å². The average Bonchev–Trinajstić information content (AvgIpc) is 3.00. The van der Waals surface area contributed by atoms with Crippen LogP contribution in [-0.4, -0.2) is 28.3 Å². The van der Waals surface area contributed by atoms with Gasteiger partial charge < -0.3 is 5.11 Å². The van der Waals surface area contributed by atoms with Gasteiger partial charge in [0, 0.05) is 10.6 Å². The summed E-state index contributed by atoms with van der Waals surface area (Å²) in [6.45, 7) is 1.54. The first kappa shape index (κ1) is 15.6. The lowest BCUT2D eigenvalue weighted by atomic mass is 10.1. The topological polar surface area (TPSA) is 57.6 Å². The van der Waals surface area contributed by atoms with Crippen LogP contribution in [0.4, 0.5) is 5.69 Å². The zero-order valence-corrected chi connectivity index (χ0v) is 13.5. The molecule has 0 bridgehead atoms. The predicted octanol–water partition coefficient (Wildman–Crippen LogP) is 3.21. The molecule has 23 heavy (non-hydrogen) atoms. The maximum atomic E-state index is 13.0. The summed E-state index contributed by atoms with van der Waals surface area (Å²) in [6, 6.07) is 16.0. The molecule has 2 aromatic carbocycles. The van der Waals surface area contributed by atoms with E-state index < -0.39 is 12.0 Å². The van der Waals surface area contributed by atoms with E-state index in [9.17, 15) is 14.7 Å². The summed E-state index contributed by atoms with van der Waals surface area (Å²) in [5, 5.41) is 9.10. The lowest BCUT2D eigenvalue weighted by Crippen LogP contribution is -2.47. The number of benzene rings is 2. The second-order valence-electron chi connectivity index (χ2n) is 5.48. The molecule has 2 aromatic rings. The van der Waals surface area contributed by atoms with Gasteiger partial charge in [0.15, 0.2) is 0 Å². The molecule has 1 aliphatic rings. The third kappa shape index (κ3) is 3.10. The van der Waals surface area contributed by atoms with Crippen LogP contribution in [0.15, 0.2) is 59.5 Å². The Kier molecular flexibility index (Phi) is 4.39. The zero-order valence-electron chi connectivity index (χ0n) is 12.7. The number of aliphatic carboxylic acids is 1. The number of hydrogen-bond donors (Lipinski definition) is 1. The van der Waals surface area contributed by atoms with E-state index in [2.05, 4.69) is 0 Å². The van der Waals surface area contributed by atoms with Crippen LogP contribution in [0, 0.1) is 0 Å². The summed E-state index contributed by atoms with van der Waals surface area (Å²) in [5.41, 5.74) is 1.76. The van der Waals surface area contributed by atoms with Gasteiger partial charge >= 0.3 is 5.97 Å². The van der Waals surface area contributed by atoms with Crippen molar-refractivity contribution in [3.63, 3.8) is 0 Å². The standard InChI is InChI=1S/C18H17NO3S/c1-12(18(21)22)19(14-8-3-2-4-9-14)17(20)16-11-13-7-5-6-10-15(13)23-16/h2-10,12,16H,11H2,1H3,(H,21,22)/t12-,16?/m0/s1. The molecule has 3 rings (SSSR count). The smallest absolute Gasteiger partial charge is 0.326 e. The highest BCUT2D eigenvalue weighted by molar-refractivity contribution is 8.01. The van der Waals surface area contributed by atoms with Crippen molar-refractivity contribution in [2.45, 2.75) is 29.5 Å². The molecular formula is C18H17NO3S. The third-order valence-electron chi connectivity index (χ3n) is 3.94. The maximum absolute atomic E-state index is 13.0. The maximum Gasteiger partial charge on any atom is 0.326 e. The molecular weight excluding hydrogens is 310 g/mol. The minimum Gasteiger partial charge on any atom is -0.480 e. The van der Waals surface area contributed by atoms with Gasteiger partial charge in [-0.05, 0) is 37.1 Å². The Labute approximate surface area is 139 Å². The Balaban J connectivity index is 1.89. The van der Waals surface area contributed by atoms with Crippen LogP contribution in [0.3, 0.4) is 0 Å². The summed E-state index contributed by atoms with van der Waals surface area (Å²) in [5.74, 6) is -1.17. The van der Waals surface area contributed by atoms with E-state index in [4.69, 9.17) is 0 Å². The van der Waals surface area contributed by atoms with Crippen LogP contribution in [0.25, 0.3) is 0 Å². The fourth-order valence-corrected chi connectivity index (χ4v) is 3.96. The van der Waals surface area contributed by atoms with Gasteiger partial charge in [-0.2, -0.15) is 0 Å². The number of anilines is 1. The van der Waals surface area contributed by atoms with Gasteiger partial charge in [0.2, 0.25) is 5.91 Å². The molecule has 4 nitrogen and oxygen atoms in total. The Morgan fingerprint density at radius 2 is 1.78 bits per heavy atom. The highest BCUT2D eigenvalue weighted by atomic mass is 32.2. The number of para-hydroxylation sites is 1. The third-order valence-corrected chi connectivity index (χ3v) is 5.24. The van der Waals surface area contributed by atoms with Crippen molar-refractivity contribution in [2.24, 2.45) is 0 Å². The molecule has 0 saturated carbocycles. The summed E-state index contributed by atoms with van der Waals surface area (Å²) < 4.78 is 0. The van der Waals surface area contributed by atoms with Gasteiger partial charge in [-0.25, -0.2) is 4.79 Å². The first-order chi connectivity index (χ1) is 11.1. The van der Waals surface area contributed by atoms with Crippen molar-refractivity contribution < 1.29 is 14.7 Å². The minimum absolute atomic E-state index is 0.160. The number of carboxylic acids is 1. The Bertz CT molecular complexity index is 707. The second-order valence-corrected chi connectivity index (χ2v) is 6.72. The lowest BCUT2D eigenvalue weighted by Gasteiger charge is -2.28. The molecule has 0 aromatic heterocycles. The molecule has 1 unspecified atom stereocenters. The van der Waals surface area contributed by atoms with Gasteiger partial charge in [0.05, 0.1) is 5.25 Å². The summed E-state index contributed by atoms with van der Waals surface area (Å²) in [7, 11) is 0. The van der Waals surface area contributed by atoms with E-state index in [1.54, 1.807) is 31.2 Å². The van der Waals surface area contributed by atoms with Gasteiger partial charge in [0.1, 0.15) is 6.04 Å². The first-order valence-electron chi connectivity index (χ1n) is 7.43. The van der Waals surface area contributed by atoms with Crippen LogP contribution in [0.1, 0.15) is 12.5 Å². The Hall–Kier alpha value is -2.27. The second kappa shape index (κ2) is 6.46. The number of nitrogens with zero attached hydrogens (tertiary/aromatic N) is 1. The predicted molar refractivity (Wildman–Crippen MR) is 90.8 cm³/mol. The van der Waals surface area contributed by atoms with E-state index in [1.807, 2.05) is 30.3 Å². The molecule has 1 heterocycles. The molecule has 1 amide bonds. The van der Waals surface area contributed by atoms with Gasteiger partial charge in [-0.3, -0.25) is 9.69 Å². The summed E-state index contributed by atoms with van der Waals surface area (Å²) in [4.78, 5) is 26.9. The SMILES string of the molecule is C[C@@H](C(=O)O)N(C(=O)C1Cc2ccccc2S1)c1ccccc1. The summed E-state index contributed by atoms with van der Waals surface area (Å²) >= 11 is 1.51. The molecule has 0 radical (unpaired) electrons. The van der Waals surface area contributed by atoms with Gasteiger partial charge in [-0.1, -0.05) is 36.4 Å². The minimum atomic E-state index is -1.01. The molecule has 0 spiro atoms. The van der Waals surface area contributed by atoms with Crippen molar-refractivity contribution in [3.05, 3.63) is 60.2 Å². The van der Waals surface area contributed by atoms with Crippen LogP contribution >= 0.6 is 11.8 Å². The zero-order chi connectivity index (χ0) is 16.4. The van der Waals surface area contributed by atoms with Gasteiger partial charge in [0.25, 0.3) is 0 Å². The molecule has 118 valence electrons. The number of carbonyl (C=O) groups is 2. The number of carbonyl (C=O) groups excluding carboxylic acids is 1. The van der Waals surface area contributed by atoms with E-state index >= 15 is 0 Å². The Morgan fingerprint density at radius 1 is 1.13 bits per heavy atom. The molecule has 0 fully saturated rings. The number of rotatable bonds is 4. The monoisotopic (exact) mass is 327 g/mol. The van der Waals surface area contributed by atoms with Crippen molar-refractivity contribution in [1.29, 1.82) is 0 Å². The number of amides is 1. The fraction of sp³-hybridized carbons (Fsp3) is 0.222. The van der Waals surface area contributed by atoms with E-state index in [0.29, 0.717) is 12.1 Å². The number of thioether (sulfide) groups is 1. The first-order valence-corrected chi connectivity index (χ1v) is 8.31. The molecule has 0 aliphatic carbocycles. The number of hydrogen-bond acceptors (Lipinski definition) is 3. The van der Waals surface area contributed by atoms with Crippen molar-refractivity contribution in [1.82, 2.24) is 0 Å². The highest BCUT2D eigenvalue weighted by Gasteiger charge is 2.35. The van der Waals surface area contributed by atoms with Crippen molar-refractivity contribution in [2.75, 3.05) is 4.90 Å². The number of carboxylic acid groups (broad SMARTS) is 1. The molecule has 1 N–H and O–H groups in total. The lowest BCUT2D eigenvalue weighted by molar-refractivity contribution is -0.139. The normalized spacial score (nSPS) is 17.3. The van der Waals surface area contributed by atoms with E-state index in [-0.39, 0.29) is 11.2 Å². The Morgan fingerprint density at radius 3 is 2.43 bits per heavy atom. The van der Waals surface area contributed by atoms with E-state index in [1.165, 1.54) is 16.7 Å². The highest BCUT2D eigenvalue weighted by Crippen LogP contribution is 2.38. The van der Waals surface area contributed by atoms with Crippen LogP contribution < -0.4 is 4.90 Å². The average molecular weight is 327 g/mol. The fourth-order valence-electron chi connectivity index (χ4n) is 2.72. The van der Waals surface area contributed by atoms with Crippen molar-refractivity contribution in [3.8, 4) is 0 Å². The molecule has 0 saturated heterocycles. The van der Waals surface area contributed by atoms with Crippen LogP contribution in [0.2, 0.25) is 0 Å².